The number of alkyl halides is 3. The summed E-state index contributed by atoms with van der Waals surface area (Å²) >= 11 is 0. The molecule has 1 amide bonds. The molecular weight excluding hydrogens is 491 g/mol. The summed E-state index contributed by atoms with van der Waals surface area (Å²) in [4.78, 5) is 35.7. The summed E-state index contributed by atoms with van der Waals surface area (Å²) in [6, 6.07) is 2.56. The summed E-state index contributed by atoms with van der Waals surface area (Å²) in [5.41, 5.74) is -0.907. The number of carboxylic acids is 1. The van der Waals surface area contributed by atoms with Gasteiger partial charge in [-0.2, -0.15) is 0 Å². The first-order chi connectivity index (χ1) is 17.2. The Morgan fingerprint density at radius 1 is 1.19 bits per heavy atom. The molecule has 9 nitrogen and oxygen atoms in total. The third kappa shape index (κ3) is 5.89. The molecule has 2 aromatic rings. The normalized spacial score (nSPS) is 26.9. The van der Waals surface area contributed by atoms with Crippen molar-refractivity contribution in [2.45, 2.75) is 83.4 Å². The maximum atomic E-state index is 13.5. The van der Waals surface area contributed by atoms with Gasteiger partial charge in [-0.15, -0.1) is 13.2 Å². The van der Waals surface area contributed by atoms with Crippen LogP contribution >= 0.6 is 0 Å². The quantitative estimate of drug-likeness (QED) is 0.522. The molecule has 1 saturated heterocycles. The van der Waals surface area contributed by atoms with E-state index >= 15 is 0 Å². The number of nitrogens with one attached hydrogen (secondary N) is 2. The van der Waals surface area contributed by atoms with Crippen LogP contribution in [0.25, 0.3) is 10.9 Å². The van der Waals surface area contributed by atoms with E-state index in [1.807, 2.05) is 20.8 Å². The zero-order valence-electron chi connectivity index (χ0n) is 21.2. The summed E-state index contributed by atoms with van der Waals surface area (Å²) in [5, 5.41) is 17.0. The first kappa shape index (κ1) is 26.9. The van der Waals surface area contributed by atoms with Gasteiger partial charge in [-0.3, -0.25) is 9.59 Å². The van der Waals surface area contributed by atoms with E-state index in [2.05, 4.69) is 25.3 Å². The Labute approximate surface area is 212 Å². The van der Waals surface area contributed by atoms with Crippen molar-refractivity contribution in [2.75, 3.05) is 11.9 Å². The molecule has 2 aliphatic rings. The fraction of sp³-hybridized carbons (Fsp3) is 0.600. The minimum absolute atomic E-state index is 0.0180. The summed E-state index contributed by atoms with van der Waals surface area (Å²) in [7, 11) is 0. The van der Waals surface area contributed by atoms with Gasteiger partial charge < -0.3 is 25.4 Å². The van der Waals surface area contributed by atoms with Crippen molar-refractivity contribution >= 4 is 28.6 Å². The van der Waals surface area contributed by atoms with Crippen LogP contribution in [0.4, 0.5) is 19.0 Å². The summed E-state index contributed by atoms with van der Waals surface area (Å²) < 4.78 is 42.1. The number of anilines is 1. The van der Waals surface area contributed by atoms with Crippen molar-refractivity contribution < 1.29 is 32.6 Å². The van der Waals surface area contributed by atoms with E-state index in [1.165, 1.54) is 18.5 Å². The molecule has 1 aliphatic heterocycles. The second-order valence-electron chi connectivity index (χ2n) is 11.1. The lowest BCUT2D eigenvalue weighted by Crippen LogP contribution is -2.59. The van der Waals surface area contributed by atoms with E-state index in [4.69, 9.17) is 0 Å². The monoisotopic (exact) mass is 523 g/mol. The Kier molecular flexibility index (Phi) is 7.00. The lowest BCUT2D eigenvalue weighted by Gasteiger charge is -2.47. The highest BCUT2D eigenvalue weighted by Gasteiger charge is 2.52. The van der Waals surface area contributed by atoms with Gasteiger partial charge in [-0.1, -0.05) is 0 Å². The Hall–Kier alpha value is -3.15. The van der Waals surface area contributed by atoms with Gasteiger partial charge in [0.05, 0.1) is 10.9 Å². The van der Waals surface area contributed by atoms with Gasteiger partial charge >= 0.3 is 12.3 Å². The second kappa shape index (κ2) is 9.62. The van der Waals surface area contributed by atoms with Crippen molar-refractivity contribution in [3.8, 4) is 5.75 Å². The van der Waals surface area contributed by atoms with Crippen LogP contribution in [-0.4, -0.2) is 68.4 Å². The smallest absolute Gasteiger partial charge is 0.481 e. The molecule has 2 heterocycles. The fourth-order valence-electron chi connectivity index (χ4n) is 5.55. The summed E-state index contributed by atoms with van der Waals surface area (Å²) in [6.45, 7) is 8.17. The van der Waals surface area contributed by atoms with Crippen LogP contribution in [-0.2, 0) is 9.59 Å². The lowest BCUT2D eigenvalue weighted by atomic mass is 9.68. The van der Waals surface area contributed by atoms with Crippen molar-refractivity contribution in [3.05, 3.63) is 24.5 Å². The van der Waals surface area contributed by atoms with Crippen LogP contribution in [0.15, 0.2) is 24.5 Å². The molecule has 1 saturated carbocycles. The van der Waals surface area contributed by atoms with Crippen molar-refractivity contribution in [1.82, 2.24) is 20.2 Å². The first-order valence-electron chi connectivity index (χ1n) is 12.2. The van der Waals surface area contributed by atoms with Crippen LogP contribution in [0.1, 0.15) is 53.4 Å². The van der Waals surface area contributed by atoms with E-state index in [0.717, 1.165) is 12.5 Å². The Balaban J connectivity index is 1.53. The molecule has 1 aromatic heterocycles. The number of carbonyl (C=O) groups excluding carboxylic acids is 1. The zero-order valence-corrected chi connectivity index (χ0v) is 21.2. The third-order valence-corrected chi connectivity index (χ3v) is 7.09. The second-order valence-corrected chi connectivity index (χ2v) is 11.1. The van der Waals surface area contributed by atoms with Crippen LogP contribution in [0.3, 0.4) is 0 Å². The van der Waals surface area contributed by atoms with Gasteiger partial charge in [0.1, 0.15) is 23.9 Å². The molecule has 1 aromatic carbocycles. The number of amides is 1. The SMILES string of the molecule is CC(C)(C)N[C@@H]1CC[C@H](N2CC[C@H](Nc3ncnc4ccc(OC(F)(F)F)cc34)C2=O)[C@](C)(C(=O)O)C1. The number of carboxylic acid groups (broad SMARTS) is 1. The Morgan fingerprint density at radius 3 is 2.57 bits per heavy atom. The molecule has 4 atom stereocenters. The number of hydrogen-bond acceptors (Lipinski definition) is 7. The number of rotatable bonds is 6. The minimum atomic E-state index is -4.85. The molecule has 3 N–H and O–H groups in total. The molecule has 1 aliphatic carbocycles. The third-order valence-electron chi connectivity index (χ3n) is 7.09. The number of halogens is 3. The average Bonchev–Trinajstić information content (AvgIpc) is 3.12. The lowest BCUT2D eigenvalue weighted by molar-refractivity contribution is -0.274. The fourth-order valence-corrected chi connectivity index (χ4v) is 5.55. The predicted octanol–water partition coefficient (Wildman–Crippen LogP) is 3.94. The topological polar surface area (TPSA) is 117 Å². The van der Waals surface area contributed by atoms with E-state index in [-0.39, 0.29) is 28.7 Å². The van der Waals surface area contributed by atoms with Gasteiger partial charge in [0.25, 0.3) is 0 Å². The van der Waals surface area contributed by atoms with E-state index in [9.17, 15) is 27.9 Å². The van der Waals surface area contributed by atoms with Crippen LogP contribution in [0.2, 0.25) is 0 Å². The average molecular weight is 524 g/mol. The first-order valence-corrected chi connectivity index (χ1v) is 12.2. The van der Waals surface area contributed by atoms with Crippen molar-refractivity contribution in [1.29, 1.82) is 0 Å². The zero-order chi connectivity index (χ0) is 27.2. The Morgan fingerprint density at radius 2 is 1.92 bits per heavy atom. The van der Waals surface area contributed by atoms with Gasteiger partial charge in [-0.25, -0.2) is 9.97 Å². The number of nitrogens with zero attached hydrogens (tertiary/aromatic N) is 3. The number of likely N-dealkylation sites (tertiary alicyclic amines) is 1. The van der Waals surface area contributed by atoms with Gasteiger partial charge in [-0.05, 0) is 71.6 Å². The molecular formula is C25H32F3N5O4. The van der Waals surface area contributed by atoms with Gasteiger partial charge in [0, 0.05) is 29.6 Å². The van der Waals surface area contributed by atoms with Crippen LogP contribution in [0.5, 0.6) is 5.75 Å². The van der Waals surface area contributed by atoms with Crippen molar-refractivity contribution in [2.24, 2.45) is 5.41 Å². The molecule has 4 rings (SSSR count). The molecule has 0 radical (unpaired) electrons. The van der Waals surface area contributed by atoms with Crippen LogP contribution < -0.4 is 15.4 Å². The predicted molar refractivity (Wildman–Crippen MR) is 130 cm³/mol. The van der Waals surface area contributed by atoms with E-state index in [0.29, 0.717) is 31.3 Å². The van der Waals surface area contributed by atoms with Gasteiger partial charge in [0.15, 0.2) is 0 Å². The van der Waals surface area contributed by atoms with Gasteiger partial charge in [0.2, 0.25) is 5.91 Å². The maximum Gasteiger partial charge on any atom is 0.573 e. The highest BCUT2D eigenvalue weighted by atomic mass is 19.4. The molecule has 12 heteroatoms. The minimum Gasteiger partial charge on any atom is -0.481 e. The number of fused-ring (bicyclic) bond motifs is 1. The van der Waals surface area contributed by atoms with Crippen molar-refractivity contribution in [3.63, 3.8) is 0 Å². The largest absolute Gasteiger partial charge is 0.573 e. The molecule has 2 fully saturated rings. The number of ether oxygens (including phenoxy) is 1. The highest BCUT2D eigenvalue weighted by molar-refractivity contribution is 5.94. The molecule has 0 bridgehead atoms. The summed E-state index contributed by atoms with van der Waals surface area (Å²) in [6.07, 6.45) is -1.51. The maximum absolute atomic E-state index is 13.5. The van der Waals surface area contributed by atoms with E-state index in [1.54, 1.807) is 11.8 Å². The highest BCUT2D eigenvalue weighted by Crippen LogP contribution is 2.42. The van der Waals surface area contributed by atoms with Crippen LogP contribution in [0, 0.1) is 5.41 Å². The Bertz CT molecular complexity index is 1190. The number of aromatic nitrogens is 2. The number of aliphatic carboxylic acids is 1. The molecule has 0 unspecified atom stereocenters. The molecule has 37 heavy (non-hydrogen) atoms. The number of carbonyl (C=O) groups is 2. The molecule has 0 spiro atoms. The molecule has 202 valence electrons. The van der Waals surface area contributed by atoms with E-state index < -0.39 is 35.6 Å². The number of benzene rings is 1. The number of hydrogen-bond donors (Lipinski definition) is 3. The summed E-state index contributed by atoms with van der Waals surface area (Å²) in [5.74, 6) is -1.41. The standard InChI is InChI=1S/C25H32F3N5O4/c1-23(2,3)32-14-5-8-19(24(4,12-14)22(35)36)33-10-9-18(21(33)34)31-20-16-11-15(37-25(26,27)28)6-7-17(16)29-13-30-20/h6-7,11,13-14,18-19,32H,5,8-10,12H2,1-4H3,(H,35,36)(H,29,30,31)/t14-,18+,19+,24-/m1/s1.